The van der Waals surface area contributed by atoms with Crippen LogP contribution in [0.4, 0.5) is 0 Å². The minimum Gasteiger partial charge on any atom is -0.462 e. The molecule has 1 amide bonds. The number of benzene rings is 1. The molecule has 240 valence electrons. The molecule has 0 unspecified atom stereocenters. The first-order valence-electron chi connectivity index (χ1n) is 16.8. The second kappa shape index (κ2) is 26.2. The predicted molar refractivity (Wildman–Crippen MR) is 169 cm³/mol. The van der Waals surface area contributed by atoms with Gasteiger partial charge in [0, 0.05) is 6.42 Å². The lowest BCUT2D eigenvalue weighted by Gasteiger charge is -2.20. The highest BCUT2D eigenvalue weighted by Gasteiger charge is 2.24. The van der Waals surface area contributed by atoms with Crippen molar-refractivity contribution in [1.82, 2.24) is 5.32 Å². The van der Waals surface area contributed by atoms with Gasteiger partial charge in [-0.25, -0.2) is 4.79 Å². The molecule has 0 bridgehead atoms. The topological polar surface area (TPSA) is 102 Å². The van der Waals surface area contributed by atoms with Crippen LogP contribution in [0.2, 0.25) is 0 Å². The number of nitrogens with one attached hydrogen (secondary N) is 1. The van der Waals surface area contributed by atoms with E-state index in [0.717, 1.165) is 44.1 Å². The van der Waals surface area contributed by atoms with Gasteiger partial charge in [-0.3, -0.25) is 9.59 Å². The number of rotatable bonds is 27. The lowest BCUT2D eigenvalue weighted by molar-refractivity contribution is -0.153. The highest BCUT2D eigenvalue weighted by Crippen LogP contribution is 2.16. The number of unbranched alkanes of at least 4 members (excludes halogenated alkanes) is 15. The molecule has 0 aliphatic carbocycles. The van der Waals surface area contributed by atoms with Crippen LogP contribution in [0.25, 0.3) is 0 Å². The number of amides is 1. The Morgan fingerprint density at radius 1 is 0.738 bits per heavy atom. The summed E-state index contributed by atoms with van der Waals surface area (Å²) in [5, 5.41) is 12.3. The second-order valence-corrected chi connectivity index (χ2v) is 11.6. The fraction of sp³-hybridized carbons (Fsp3) is 0.743. The summed E-state index contributed by atoms with van der Waals surface area (Å²) in [6.07, 6.45) is 20.2. The molecule has 0 radical (unpaired) electrons. The molecule has 0 spiro atoms. The SMILES string of the molecule is CCCCCCCCCCC[C@H](CC(=O)N[C@@H](CO)C(=O)OCc1ccccc1)OC(=O)CCCCCCCCCC. The van der Waals surface area contributed by atoms with E-state index in [1.807, 2.05) is 30.3 Å². The van der Waals surface area contributed by atoms with Gasteiger partial charge >= 0.3 is 11.9 Å². The maximum atomic E-state index is 12.8. The number of esters is 2. The number of aliphatic hydroxyl groups excluding tert-OH is 1. The van der Waals surface area contributed by atoms with E-state index in [2.05, 4.69) is 19.2 Å². The van der Waals surface area contributed by atoms with Gasteiger partial charge in [0.1, 0.15) is 12.7 Å². The van der Waals surface area contributed by atoms with Crippen LogP contribution in [0, 0.1) is 0 Å². The third-order valence-electron chi connectivity index (χ3n) is 7.60. The van der Waals surface area contributed by atoms with Crippen molar-refractivity contribution in [2.45, 2.75) is 161 Å². The van der Waals surface area contributed by atoms with Gasteiger partial charge in [-0.15, -0.1) is 0 Å². The molecule has 0 aromatic heterocycles. The fourth-order valence-electron chi connectivity index (χ4n) is 5.00. The molecule has 0 saturated heterocycles. The van der Waals surface area contributed by atoms with Crippen molar-refractivity contribution in [3.05, 3.63) is 35.9 Å². The van der Waals surface area contributed by atoms with Crippen LogP contribution >= 0.6 is 0 Å². The Balaban J connectivity index is 2.50. The Morgan fingerprint density at radius 3 is 1.81 bits per heavy atom. The van der Waals surface area contributed by atoms with Crippen molar-refractivity contribution in [3.8, 4) is 0 Å². The third-order valence-corrected chi connectivity index (χ3v) is 7.60. The smallest absolute Gasteiger partial charge is 0.331 e. The van der Waals surface area contributed by atoms with Gasteiger partial charge in [-0.2, -0.15) is 0 Å². The van der Waals surface area contributed by atoms with Crippen molar-refractivity contribution in [2.24, 2.45) is 0 Å². The van der Waals surface area contributed by atoms with Crippen LogP contribution in [-0.2, 0) is 30.5 Å². The zero-order valence-electron chi connectivity index (χ0n) is 26.6. The number of hydrogen-bond acceptors (Lipinski definition) is 6. The lowest BCUT2D eigenvalue weighted by atomic mass is 10.0. The van der Waals surface area contributed by atoms with Gasteiger partial charge in [0.15, 0.2) is 6.04 Å². The molecule has 1 rings (SSSR count). The van der Waals surface area contributed by atoms with Gasteiger partial charge in [-0.05, 0) is 24.8 Å². The van der Waals surface area contributed by atoms with Crippen LogP contribution < -0.4 is 5.32 Å². The summed E-state index contributed by atoms with van der Waals surface area (Å²) < 4.78 is 11.0. The van der Waals surface area contributed by atoms with E-state index in [4.69, 9.17) is 9.47 Å². The van der Waals surface area contributed by atoms with Gasteiger partial charge < -0.3 is 19.9 Å². The highest BCUT2D eigenvalue weighted by molar-refractivity contribution is 5.85. The minimum absolute atomic E-state index is 0.0390. The Hall–Kier alpha value is -2.41. The summed E-state index contributed by atoms with van der Waals surface area (Å²) in [7, 11) is 0. The quantitative estimate of drug-likeness (QED) is 0.0797. The van der Waals surface area contributed by atoms with Gasteiger partial charge in [0.25, 0.3) is 0 Å². The molecule has 2 N–H and O–H groups in total. The first kappa shape index (κ1) is 37.6. The van der Waals surface area contributed by atoms with E-state index in [0.29, 0.717) is 12.8 Å². The van der Waals surface area contributed by atoms with Crippen LogP contribution in [0.15, 0.2) is 30.3 Å². The summed E-state index contributed by atoms with van der Waals surface area (Å²) in [4.78, 5) is 37.9. The van der Waals surface area contributed by atoms with Crippen molar-refractivity contribution < 1.29 is 29.0 Å². The normalized spacial score (nSPS) is 12.5. The van der Waals surface area contributed by atoms with Crippen LogP contribution in [-0.4, -0.2) is 41.7 Å². The second-order valence-electron chi connectivity index (χ2n) is 11.6. The number of carbonyl (C=O) groups excluding carboxylic acids is 3. The largest absolute Gasteiger partial charge is 0.462 e. The van der Waals surface area contributed by atoms with Crippen molar-refractivity contribution in [3.63, 3.8) is 0 Å². The first-order valence-corrected chi connectivity index (χ1v) is 16.8. The summed E-state index contributed by atoms with van der Waals surface area (Å²) in [6.45, 7) is 3.93. The summed E-state index contributed by atoms with van der Waals surface area (Å²) >= 11 is 0. The van der Waals surface area contributed by atoms with Crippen LogP contribution in [0.1, 0.15) is 148 Å². The minimum atomic E-state index is -1.16. The molecule has 0 aliphatic rings. The molecule has 0 saturated carbocycles. The standard InChI is InChI=1S/C35H59NO6/c1-3-5-7-9-11-13-14-16-21-25-31(42-34(39)26-22-17-15-12-10-8-6-4-2)27-33(38)36-32(28-37)35(40)41-29-30-23-19-18-20-24-30/h18-20,23-24,31-32,37H,3-17,21-22,25-29H2,1-2H3,(H,36,38)/t31-,32+/m1/s1. The van der Waals surface area contributed by atoms with Crippen LogP contribution in [0.3, 0.4) is 0 Å². The summed E-state index contributed by atoms with van der Waals surface area (Å²) in [6, 6.07) is 8.06. The van der Waals surface area contributed by atoms with Crippen molar-refractivity contribution >= 4 is 17.8 Å². The molecule has 1 aromatic carbocycles. The van der Waals surface area contributed by atoms with Gasteiger partial charge in [-0.1, -0.05) is 140 Å². The molecule has 7 heteroatoms. The zero-order chi connectivity index (χ0) is 30.7. The Morgan fingerprint density at radius 2 is 1.26 bits per heavy atom. The molecular weight excluding hydrogens is 530 g/mol. The van der Waals surface area contributed by atoms with E-state index in [1.165, 1.54) is 70.6 Å². The van der Waals surface area contributed by atoms with Crippen molar-refractivity contribution in [1.29, 1.82) is 0 Å². The van der Waals surface area contributed by atoms with Crippen LogP contribution in [0.5, 0.6) is 0 Å². The van der Waals surface area contributed by atoms with E-state index in [-0.39, 0.29) is 19.0 Å². The van der Waals surface area contributed by atoms with E-state index in [9.17, 15) is 19.5 Å². The Bertz CT molecular complexity index is 815. The van der Waals surface area contributed by atoms with Crippen molar-refractivity contribution in [2.75, 3.05) is 6.61 Å². The maximum absolute atomic E-state index is 12.8. The summed E-state index contributed by atoms with van der Waals surface area (Å²) in [5.41, 5.74) is 0.818. The summed E-state index contributed by atoms with van der Waals surface area (Å²) in [5.74, 6) is -1.40. The number of aliphatic hydroxyl groups is 1. The molecule has 1 aromatic rings. The number of ether oxygens (including phenoxy) is 2. The average molecular weight is 590 g/mol. The zero-order valence-corrected chi connectivity index (χ0v) is 26.6. The van der Waals surface area contributed by atoms with E-state index >= 15 is 0 Å². The molecule has 0 heterocycles. The monoisotopic (exact) mass is 589 g/mol. The Labute approximate surface area is 255 Å². The molecule has 0 fully saturated rings. The van der Waals surface area contributed by atoms with E-state index < -0.39 is 30.6 Å². The molecule has 2 atom stereocenters. The molecular formula is C35H59NO6. The van der Waals surface area contributed by atoms with Gasteiger partial charge in [0.05, 0.1) is 13.0 Å². The third kappa shape index (κ3) is 20.5. The number of carbonyl (C=O) groups is 3. The molecule has 42 heavy (non-hydrogen) atoms. The first-order chi connectivity index (χ1) is 20.5. The molecule has 7 nitrogen and oxygen atoms in total. The van der Waals surface area contributed by atoms with E-state index in [1.54, 1.807) is 0 Å². The predicted octanol–water partition coefficient (Wildman–Crippen LogP) is 7.96. The Kier molecular flexibility index (Phi) is 23.5. The highest BCUT2D eigenvalue weighted by atomic mass is 16.5. The van der Waals surface area contributed by atoms with Gasteiger partial charge in [0.2, 0.25) is 5.91 Å². The lowest BCUT2D eigenvalue weighted by Crippen LogP contribution is -2.45. The fourth-order valence-corrected chi connectivity index (χ4v) is 5.00. The number of hydrogen-bond donors (Lipinski definition) is 2. The molecule has 0 aliphatic heterocycles. The maximum Gasteiger partial charge on any atom is 0.331 e. The average Bonchev–Trinajstić information content (AvgIpc) is 2.99.